The molecule has 0 aliphatic carbocycles. The zero-order valence-electron chi connectivity index (χ0n) is 11.8. The fourth-order valence-electron chi connectivity index (χ4n) is 2.85. The number of hydrogen-bond acceptors (Lipinski definition) is 1. The van der Waals surface area contributed by atoms with Gasteiger partial charge in [-0.2, -0.15) is 0 Å². The van der Waals surface area contributed by atoms with E-state index in [4.69, 9.17) is 0 Å². The van der Waals surface area contributed by atoms with E-state index >= 15 is 0 Å². The number of fused-ring (bicyclic) bond motifs is 1. The molecule has 0 bridgehead atoms. The largest absolute Gasteiger partial charge is 0.391 e. The van der Waals surface area contributed by atoms with Crippen LogP contribution in [0.5, 0.6) is 0 Å². The normalized spacial score (nSPS) is 14.3. The summed E-state index contributed by atoms with van der Waals surface area (Å²) in [4.78, 5) is 0. The van der Waals surface area contributed by atoms with Crippen LogP contribution in [0.1, 0.15) is 24.1 Å². The minimum absolute atomic E-state index is 0.0589. The van der Waals surface area contributed by atoms with Crippen LogP contribution >= 0.6 is 0 Å². The molecule has 3 aromatic rings. The molecule has 0 saturated heterocycles. The van der Waals surface area contributed by atoms with Gasteiger partial charge in [-0.1, -0.05) is 42.0 Å². The molecule has 0 radical (unpaired) electrons. The highest BCUT2D eigenvalue weighted by Gasteiger charge is 2.20. The average molecular weight is 265 g/mol. The highest BCUT2D eigenvalue weighted by atomic mass is 16.3. The van der Waals surface area contributed by atoms with Gasteiger partial charge in [0.25, 0.3) is 0 Å². The van der Waals surface area contributed by atoms with Crippen LogP contribution in [0.15, 0.2) is 60.8 Å². The topological polar surface area (TPSA) is 25.2 Å². The van der Waals surface area contributed by atoms with Gasteiger partial charge < -0.3 is 9.67 Å². The minimum Gasteiger partial charge on any atom is -0.391 e. The highest BCUT2D eigenvalue weighted by Crippen LogP contribution is 2.28. The Morgan fingerprint density at radius 3 is 2.45 bits per heavy atom. The maximum Gasteiger partial charge on any atom is 0.0842 e. The monoisotopic (exact) mass is 265 g/mol. The number of rotatable bonds is 3. The Morgan fingerprint density at radius 1 is 1.00 bits per heavy atom. The van der Waals surface area contributed by atoms with Crippen molar-refractivity contribution in [1.29, 1.82) is 0 Å². The van der Waals surface area contributed by atoms with Crippen LogP contribution in [0.2, 0.25) is 0 Å². The molecular weight excluding hydrogens is 246 g/mol. The van der Waals surface area contributed by atoms with Crippen molar-refractivity contribution >= 4 is 10.9 Å². The Balaban J connectivity index is 2.16. The summed E-state index contributed by atoms with van der Waals surface area (Å²) in [5.41, 5.74) is 3.54. The van der Waals surface area contributed by atoms with Gasteiger partial charge in [-0.15, -0.1) is 0 Å². The van der Waals surface area contributed by atoms with Gasteiger partial charge in [0.2, 0.25) is 0 Å². The molecule has 3 rings (SSSR count). The van der Waals surface area contributed by atoms with E-state index in [-0.39, 0.29) is 6.04 Å². The summed E-state index contributed by atoms with van der Waals surface area (Å²) >= 11 is 0. The second-order valence-corrected chi connectivity index (χ2v) is 5.38. The molecular formula is C18H19NO. The number of aryl methyl sites for hydroxylation is 1. The van der Waals surface area contributed by atoms with Crippen molar-refractivity contribution in [2.75, 3.05) is 0 Å². The first-order chi connectivity index (χ1) is 9.66. The van der Waals surface area contributed by atoms with Gasteiger partial charge in [-0.05, 0) is 43.0 Å². The van der Waals surface area contributed by atoms with Crippen LogP contribution in [0, 0.1) is 6.92 Å². The van der Waals surface area contributed by atoms with Gasteiger partial charge in [0, 0.05) is 11.7 Å². The Hall–Kier alpha value is -2.06. The summed E-state index contributed by atoms with van der Waals surface area (Å²) in [6.07, 6.45) is 1.61. The number of aliphatic hydroxyl groups is 1. The third-order valence-electron chi connectivity index (χ3n) is 3.77. The Labute approximate surface area is 119 Å². The molecule has 0 saturated carbocycles. The molecule has 2 aromatic carbocycles. The van der Waals surface area contributed by atoms with Crippen LogP contribution < -0.4 is 0 Å². The number of benzene rings is 2. The first-order valence-corrected chi connectivity index (χ1v) is 6.97. The van der Waals surface area contributed by atoms with Crippen molar-refractivity contribution in [2.24, 2.45) is 0 Å². The molecule has 0 fully saturated rings. The van der Waals surface area contributed by atoms with Crippen LogP contribution in [0.4, 0.5) is 0 Å². The van der Waals surface area contributed by atoms with Crippen molar-refractivity contribution in [3.05, 3.63) is 71.9 Å². The van der Waals surface area contributed by atoms with Crippen molar-refractivity contribution < 1.29 is 5.11 Å². The lowest BCUT2D eigenvalue weighted by atomic mass is 10.0. The zero-order chi connectivity index (χ0) is 14.1. The van der Waals surface area contributed by atoms with E-state index in [0.717, 1.165) is 11.1 Å². The molecule has 102 valence electrons. The van der Waals surface area contributed by atoms with Gasteiger partial charge >= 0.3 is 0 Å². The van der Waals surface area contributed by atoms with Gasteiger partial charge in [0.1, 0.15) is 0 Å². The fourth-order valence-corrected chi connectivity index (χ4v) is 2.85. The van der Waals surface area contributed by atoms with Crippen molar-refractivity contribution in [2.45, 2.75) is 26.0 Å². The molecule has 0 aliphatic heterocycles. The second kappa shape index (κ2) is 5.14. The quantitative estimate of drug-likeness (QED) is 0.763. The molecule has 20 heavy (non-hydrogen) atoms. The van der Waals surface area contributed by atoms with Crippen molar-refractivity contribution in [3.63, 3.8) is 0 Å². The van der Waals surface area contributed by atoms with Gasteiger partial charge in [0.05, 0.1) is 12.1 Å². The summed E-state index contributed by atoms with van der Waals surface area (Å²) in [7, 11) is 0. The van der Waals surface area contributed by atoms with Crippen LogP contribution in [0.3, 0.4) is 0 Å². The second-order valence-electron chi connectivity index (χ2n) is 5.38. The smallest absolute Gasteiger partial charge is 0.0842 e. The van der Waals surface area contributed by atoms with Gasteiger partial charge in [-0.25, -0.2) is 0 Å². The minimum atomic E-state index is -0.450. The zero-order valence-corrected chi connectivity index (χ0v) is 11.8. The third-order valence-corrected chi connectivity index (χ3v) is 3.77. The molecule has 2 unspecified atom stereocenters. The third kappa shape index (κ3) is 2.23. The van der Waals surface area contributed by atoms with E-state index in [1.165, 1.54) is 10.9 Å². The Morgan fingerprint density at radius 2 is 1.75 bits per heavy atom. The predicted molar refractivity (Wildman–Crippen MR) is 82.9 cm³/mol. The maximum atomic E-state index is 10.2. The molecule has 1 N–H and O–H groups in total. The summed E-state index contributed by atoms with van der Waals surface area (Å²) in [5, 5.41) is 11.4. The summed E-state index contributed by atoms with van der Waals surface area (Å²) in [6.45, 7) is 3.94. The van der Waals surface area contributed by atoms with Crippen molar-refractivity contribution in [1.82, 2.24) is 4.57 Å². The van der Waals surface area contributed by atoms with E-state index in [1.807, 2.05) is 25.1 Å². The number of aliphatic hydroxyl groups excluding tert-OH is 1. The molecule has 1 heterocycles. The summed E-state index contributed by atoms with van der Waals surface area (Å²) < 4.78 is 2.16. The molecule has 0 spiro atoms. The van der Waals surface area contributed by atoms with Gasteiger partial charge in [-0.3, -0.25) is 0 Å². The molecule has 2 heteroatoms. The first kappa shape index (κ1) is 12.9. The van der Waals surface area contributed by atoms with E-state index in [1.54, 1.807) is 0 Å². The fraction of sp³-hybridized carbons (Fsp3) is 0.222. The lowest BCUT2D eigenvalue weighted by molar-refractivity contribution is 0.151. The molecule has 2 atom stereocenters. The molecule has 0 aliphatic rings. The van der Waals surface area contributed by atoms with E-state index in [2.05, 4.69) is 54.1 Å². The molecule has 2 nitrogen and oxygen atoms in total. The van der Waals surface area contributed by atoms with E-state index < -0.39 is 6.10 Å². The summed E-state index contributed by atoms with van der Waals surface area (Å²) in [5.74, 6) is 0. The lowest BCUT2D eigenvalue weighted by Gasteiger charge is -2.23. The summed E-state index contributed by atoms with van der Waals surface area (Å²) in [6, 6.07) is 18.6. The Bertz CT molecular complexity index is 713. The Kier molecular flexibility index (Phi) is 3.33. The van der Waals surface area contributed by atoms with Crippen LogP contribution in [-0.4, -0.2) is 15.8 Å². The molecule has 1 aromatic heterocycles. The first-order valence-electron chi connectivity index (χ1n) is 6.97. The average Bonchev–Trinajstić information content (AvgIpc) is 2.83. The lowest BCUT2D eigenvalue weighted by Crippen LogP contribution is -2.21. The van der Waals surface area contributed by atoms with E-state index in [9.17, 15) is 5.11 Å². The maximum absolute atomic E-state index is 10.2. The highest BCUT2D eigenvalue weighted by molar-refractivity contribution is 5.81. The van der Waals surface area contributed by atoms with Crippen molar-refractivity contribution in [3.8, 4) is 0 Å². The van der Waals surface area contributed by atoms with Gasteiger partial charge in [0.15, 0.2) is 0 Å². The standard InChI is InChI=1S/C18H19NO/c1-13-8-9-17-16(12-13)10-11-19(17)18(14(2)20)15-6-4-3-5-7-15/h3-12,14,18,20H,1-2H3. The SMILES string of the molecule is Cc1ccc2c(ccn2C(c2ccccc2)C(C)O)c1. The van der Waals surface area contributed by atoms with Crippen LogP contribution in [0.25, 0.3) is 10.9 Å². The predicted octanol–water partition coefficient (Wildman–Crippen LogP) is 3.92. The number of hydrogen-bond donors (Lipinski definition) is 1. The molecule has 0 amide bonds. The van der Waals surface area contributed by atoms with E-state index in [0.29, 0.717) is 0 Å². The number of nitrogens with zero attached hydrogens (tertiary/aromatic N) is 1. The number of aromatic nitrogens is 1. The van der Waals surface area contributed by atoms with Crippen LogP contribution in [-0.2, 0) is 0 Å².